The Balaban J connectivity index is 1.97. The Bertz CT molecular complexity index is 952. The number of halogens is 1. The van der Waals surface area contributed by atoms with E-state index in [9.17, 15) is 13.2 Å². The minimum absolute atomic E-state index is 0.137. The third-order valence-corrected chi connectivity index (χ3v) is 6.08. The number of fused-ring (bicyclic) bond motifs is 1. The van der Waals surface area contributed by atoms with Gasteiger partial charge >= 0.3 is 5.97 Å². The Morgan fingerprint density at radius 1 is 1.12 bits per heavy atom. The molecule has 1 aliphatic heterocycles. The predicted octanol–water partition coefficient (Wildman–Crippen LogP) is 4.30. The number of ether oxygens (including phenoxy) is 1. The first-order chi connectivity index (χ1) is 12.4. The monoisotopic (exact) mass is 391 g/mol. The second kappa shape index (κ2) is 7.51. The van der Waals surface area contributed by atoms with Gasteiger partial charge in [-0.15, -0.1) is 0 Å². The Labute approximate surface area is 157 Å². The first kappa shape index (κ1) is 18.5. The first-order valence-corrected chi connectivity index (χ1v) is 10.1. The van der Waals surface area contributed by atoms with E-state index in [0.29, 0.717) is 29.1 Å². The van der Waals surface area contributed by atoms with Gasteiger partial charge < -0.3 is 4.74 Å². The van der Waals surface area contributed by atoms with Crippen molar-refractivity contribution in [2.75, 3.05) is 6.54 Å². The molecule has 0 N–H and O–H groups in total. The molecule has 0 unspecified atom stereocenters. The van der Waals surface area contributed by atoms with Crippen molar-refractivity contribution in [1.82, 2.24) is 4.31 Å². The summed E-state index contributed by atoms with van der Waals surface area (Å²) in [6, 6.07) is 12.8. The summed E-state index contributed by atoms with van der Waals surface area (Å²) >= 11 is 5.84. The van der Waals surface area contributed by atoms with Crippen molar-refractivity contribution in [3.05, 3.63) is 70.9 Å². The molecule has 5 nitrogen and oxygen atoms in total. The zero-order chi connectivity index (χ0) is 18.7. The summed E-state index contributed by atoms with van der Waals surface area (Å²) in [6.07, 6.45) is 2.94. The zero-order valence-corrected chi connectivity index (χ0v) is 15.8. The molecule has 0 aliphatic carbocycles. The summed E-state index contributed by atoms with van der Waals surface area (Å²) in [5.74, 6) is -0.357. The van der Waals surface area contributed by atoms with Gasteiger partial charge in [-0.2, -0.15) is 0 Å². The second-order valence-electron chi connectivity index (χ2n) is 5.86. The van der Waals surface area contributed by atoms with E-state index in [1.54, 1.807) is 42.5 Å². The Hall–Kier alpha value is -2.31. The lowest BCUT2D eigenvalue weighted by Gasteiger charge is -2.27. The fourth-order valence-corrected chi connectivity index (χ4v) is 4.30. The van der Waals surface area contributed by atoms with E-state index in [2.05, 4.69) is 0 Å². The molecular weight excluding hydrogens is 374 g/mol. The Morgan fingerprint density at radius 2 is 1.81 bits per heavy atom. The Morgan fingerprint density at radius 3 is 2.50 bits per heavy atom. The summed E-state index contributed by atoms with van der Waals surface area (Å²) < 4.78 is 32.3. The lowest BCUT2D eigenvalue weighted by atomic mass is 10.2. The lowest BCUT2D eigenvalue weighted by Crippen LogP contribution is -2.31. The number of hydrogen-bond acceptors (Lipinski definition) is 4. The summed E-state index contributed by atoms with van der Waals surface area (Å²) in [7, 11) is -3.65. The van der Waals surface area contributed by atoms with Gasteiger partial charge in [0.15, 0.2) is 5.76 Å². The third-order valence-electron chi connectivity index (χ3n) is 4.02. The average molecular weight is 392 g/mol. The molecule has 0 radical (unpaired) electrons. The number of sulfonamides is 1. The molecule has 0 aromatic heterocycles. The normalized spacial score (nSPS) is 15.2. The van der Waals surface area contributed by atoms with Crippen LogP contribution in [0.2, 0.25) is 5.02 Å². The second-order valence-corrected chi connectivity index (χ2v) is 8.15. The van der Waals surface area contributed by atoms with Crippen molar-refractivity contribution in [2.45, 2.75) is 24.7 Å². The largest absolute Gasteiger partial charge is 0.421 e. The highest BCUT2D eigenvalue weighted by Gasteiger charge is 2.32. The molecule has 0 spiro atoms. The van der Waals surface area contributed by atoms with Crippen LogP contribution in [0.15, 0.2) is 59.6 Å². The molecule has 0 bridgehead atoms. The third kappa shape index (κ3) is 3.61. The van der Waals surface area contributed by atoms with Crippen molar-refractivity contribution in [3.8, 4) is 0 Å². The maximum atomic E-state index is 12.8. The zero-order valence-electron chi connectivity index (χ0n) is 14.2. The van der Waals surface area contributed by atoms with Crippen LogP contribution in [-0.2, 0) is 14.8 Å². The minimum atomic E-state index is -3.65. The van der Waals surface area contributed by atoms with Gasteiger partial charge in [-0.1, -0.05) is 37.1 Å². The average Bonchev–Trinajstić information content (AvgIpc) is 2.63. The number of carbonyl (C=O) groups excluding carboxylic acids is 1. The van der Waals surface area contributed by atoms with Crippen molar-refractivity contribution < 1.29 is 17.9 Å². The molecular formula is C19H18ClNO4S. The smallest absolute Gasteiger partial charge is 0.343 e. The Kier molecular flexibility index (Phi) is 5.34. The molecule has 0 saturated heterocycles. The van der Waals surface area contributed by atoms with Gasteiger partial charge in [0.05, 0.1) is 16.7 Å². The lowest BCUT2D eigenvalue weighted by molar-refractivity contribution is 0.0689. The number of benzene rings is 2. The van der Waals surface area contributed by atoms with Crippen LogP contribution in [0.25, 0.3) is 5.76 Å². The molecule has 0 fully saturated rings. The van der Waals surface area contributed by atoms with E-state index in [4.69, 9.17) is 16.3 Å². The topological polar surface area (TPSA) is 63.7 Å². The van der Waals surface area contributed by atoms with E-state index in [-0.39, 0.29) is 10.7 Å². The van der Waals surface area contributed by atoms with Crippen LogP contribution < -0.4 is 0 Å². The minimum Gasteiger partial charge on any atom is -0.421 e. The molecule has 136 valence electrons. The van der Waals surface area contributed by atoms with Gasteiger partial charge in [-0.05, 0) is 42.8 Å². The van der Waals surface area contributed by atoms with Crippen LogP contribution in [0, 0.1) is 0 Å². The van der Waals surface area contributed by atoms with E-state index in [0.717, 1.165) is 6.42 Å². The fourth-order valence-electron chi connectivity index (χ4n) is 2.62. The van der Waals surface area contributed by atoms with Crippen LogP contribution in [-0.4, -0.2) is 25.2 Å². The first-order valence-electron chi connectivity index (χ1n) is 8.24. The number of unbranched alkanes of at least 4 members (excludes halogenated alkanes) is 1. The number of carbonyl (C=O) groups is 1. The van der Waals surface area contributed by atoms with Crippen molar-refractivity contribution in [2.24, 2.45) is 0 Å². The molecule has 0 saturated carbocycles. The standard InChI is InChI=1S/C19H18ClNO4S/c1-2-3-12-21-13-17(16-6-4-5-7-18(16)26(21,23)24)25-19(22)14-8-10-15(20)11-9-14/h4-11,13H,2-3,12H2,1H3. The van der Waals surface area contributed by atoms with Crippen LogP contribution in [0.3, 0.4) is 0 Å². The van der Waals surface area contributed by atoms with E-state index in [1.807, 2.05) is 6.92 Å². The fraction of sp³-hybridized carbons (Fsp3) is 0.211. The highest BCUT2D eigenvalue weighted by atomic mass is 35.5. The predicted molar refractivity (Wildman–Crippen MR) is 100 cm³/mol. The van der Waals surface area contributed by atoms with Gasteiger partial charge in [0.2, 0.25) is 0 Å². The molecule has 1 aliphatic rings. The molecule has 26 heavy (non-hydrogen) atoms. The van der Waals surface area contributed by atoms with Gasteiger partial charge in [0, 0.05) is 17.1 Å². The summed E-state index contributed by atoms with van der Waals surface area (Å²) in [6.45, 7) is 2.31. The highest BCUT2D eigenvalue weighted by Crippen LogP contribution is 2.33. The maximum absolute atomic E-state index is 12.8. The molecule has 3 rings (SSSR count). The molecule has 0 amide bonds. The maximum Gasteiger partial charge on any atom is 0.343 e. The number of esters is 1. The van der Waals surface area contributed by atoms with Crippen LogP contribution in [0.4, 0.5) is 0 Å². The van der Waals surface area contributed by atoms with E-state index in [1.165, 1.54) is 16.6 Å². The summed E-state index contributed by atoms with van der Waals surface area (Å²) in [5.41, 5.74) is 0.712. The number of nitrogens with zero attached hydrogens (tertiary/aromatic N) is 1. The van der Waals surface area contributed by atoms with Gasteiger partial charge in [-0.3, -0.25) is 4.31 Å². The van der Waals surface area contributed by atoms with Crippen LogP contribution in [0.1, 0.15) is 35.7 Å². The van der Waals surface area contributed by atoms with Gasteiger partial charge in [0.1, 0.15) is 0 Å². The molecule has 7 heteroatoms. The molecule has 2 aromatic rings. The summed E-state index contributed by atoms with van der Waals surface area (Å²) in [5, 5.41) is 0.514. The van der Waals surface area contributed by atoms with Crippen LogP contribution >= 0.6 is 11.6 Å². The molecule has 2 aromatic carbocycles. The van der Waals surface area contributed by atoms with Gasteiger partial charge in [-0.25, -0.2) is 13.2 Å². The molecule has 0 atom stereocenters. The van der Waals surface area contributed by atoms with E-state index >= 15 is 0 Å². The highest BCUT2D eigenvalue weighted by molar-refractivity contribution is 7.89. The van der Waals surface area contributed by atoms with Crippen LogP contribution in [0.5, 0.6) is 0 Å². The number of rotatable bonds is 5. The van der Waals surface area contributed by atoms with E-state index < -0.39 is 16.0 Å². The van der Waals surface area contributed by atoms with Gasteiger partial charge in [0.25, 0.3) is 10.0 Å². The summed E-state index contributed by atoms with van der Waals surface area (Å²) in [4.78, 5) is 12.6. The van der Waals surface area contributed by atoms with Crippen molar-refractivity contribution >= 4 is 33.4 Å². The molecule has 1 heterocycles. The van der Waals surface area contributed by atoms with Crippen molar-refractivity contribution in [1.29, 1.82) is 0 Å². The quantitative estimate of drug-likeness (QED) is 0.713. The number of hydrogen-bond donors (Lipinski definition) is 0. The van der Waals surface area contributed by atoms with Crippen molar-refractivity contribution in [3.63, 3.8) is 0 Å². The SMILES string of the molecule is CCCCN1C=C(OC(=O)c2ccc(Cl)cc2)c2ccccc2S1(=O)=O.